The summed E-state index contributed by atoms with van der Waals surface area (Å²) in [5, 5.41) is 6.18. The number of fused-ring (bicyclic) bond motifs is 1. The average molecular weight is 351 g/mol. The number of aryl methyl sites for hydroxylation is 1. The Morgan fingerprint density at radius 1 is 1.12 bits per heavy atom. The van der Waals surface area contributed by atoms with Crippen LogP contribution in [-0.2, 0) is 22.4 Å². The van der Waals surface area contributed by atoms with Gasteiger partial charge in [0.05, 0.1) is 0 Å². The Morgan fingerprint density at radius 3 is 2.46 bits per heavy atom. The minimum atomic E-state index is -0.371. The molecule has 0 saturated heterocycles. The summed E-state index contributed by atoms with van der Waals surface area (Å²) in [4.78, 5) is 25.8. The van der Waals surface area contributed by atoms with Crippen LogP contribution in [0.15, 0.2) is 42.5 Å². The minimum Gasteiger partial charge on any atom is -0.374 e. The molecule has 0 aromatic heterocycles. The quantitative estimate of drug-likeness (QED) is 0.865. The van der Waals surface area contributed by atoms with Crippen LogP contribution in [0.1, 0.15) is 31.9 Å². The number of nitrogens with one attached hydrogen (secondary N) is 2. The normalized spacial score (nSPS) is 13.9. The van der Waals surface area contributed by atoms with Gasteiger partial charge in [0, 0.05) is 30.5 Å². The van der Waals surface area contributed by atoms with Crippen LogP contribution in [0.3, 0.4) is 0 Å². The summed E-state index contributed by atoms with van der Waals surface area (Å²) < 4.78 is 0. The van der Waals surface area contributed by atoms with E-state index in [9.17, 15) is 9.59 Å². The third kappa shape index (κ3) is 3.87. The van der Waals surface area contributed by atoms with E-state index in [1.54, 1.807) is 11.8 Å². The van der Waals surface area contributed by atoms with E-state index in [0.717, 1.165) is 42.0 Å². The van der Waals surface area contributed by atoms with E-state index in [1.807, 2.05) is 49.4 Å². The second-order valence-corrected chi connectivity index (χ2v) is 6.67. The van der Waals surface area contributed by atoms with Gasteiger partial charge < -0.3 is 15.5 Å². The Kier molecular flexibility index (Phi) is 5.26. The van der Waals surface area contributed by atoms with Gasteiger partial charge in [0.15, 0.2) is 0 Å². The molecule has 0 aliphatic carbocycles. The fourth-order valence-electron chi connectivity index (χ4n) is 3.21. The van der Waals surface area contributed by atoms with Crippen molar-refractivity contribution in [2.45, 2.75) is 39.7 Å². The van der Waals surface area contributed by atoms with Crippen molar-refractivity contribution < 1.29 is 9.59 Å². The molecular weight excluding hydrogens is 326 g/mol. The lowest BCUT2D eigenvalue weighted by atomic mass is 10.1. The van der Waals surface area contributed by atoms with Crippen LogP contribution in [0, 0.1) is 0 Å². The van der Waals surface area contributed by atoms with Crippen molar-refractivity contribution in [2.24, 2.45) is 0 Å². The summed E-state index contributed by atoms with van der Waals surface area (Å²) in [6, 6.07) is 13.4. The second kappa shape index (κ2) is 7.60. The van der Waals surface area contributed by atoms with E-state index >= 15 is 0 Å². The lowest BCUT2D eigenvalue weighted by Crippen LogP contribution is -2.31. The molecule has 26 heavy (non-hydrogen) atoms. The van der Waals surface area contributed by atoms with E-state index in [1.165, 1.54) is 5.56 Å². The summed E-state index contributed by atoms with van der Waals surface area (Å²) in [6.07, 6.45) is 1.82. The van der Waals surface area contributed by atoms with E-state index in [2.05, 4.69) is 17.6 Å². The van der Waals surface area contributed by atoms with Crippen molar-refractivity contribution >= 4 is 28.9 Å². The minimum absolute atomic E-state index is 0.0614. The third-order valence-corrected chi connectivity index (χ3v) is 4.76. The van der Waals surface area contributed by atoms with Gasteiger partial charge in [-0.15, -0.1) is 0 Å². The molecule has 2 amide bonds. The van der Waals surface area contributed by atoms with Crippen LogP contribution in [-0.4, -0.2) is 24.4 Å². The van der Waals surface area contributed by atoms with Gasteiger partial charge in [0.2, 0.25) is 11.8 Å². The predicted octanol–water partition coefficient (Wildman–Crippen LogP) is 3.60. The Balaban J connectivity index is 1.63. The number of rotatable bonds is 5. The first kappa shape index (κ1) is 18.0. The zero-order valence-corrected chi connectivity index (χ0v) is 15.5. The van der Waals surface area contributed by atoms with Gasteiger partial charge >= 0.3 is 0 Å². The topological polar surface area (TPSA) is 61.4 Å². The van der Waals surface area contributed by atoms with Gasteiger partial charge in [-0.3, -0.25) is 9.59 Å². The second-order valence-electron chi connectivity index (χ2n) is 6.67. The lowest BCUT2D eigenvalue weighted by Gasteiger charge is -2.18. The molecule has 0 bridgehead atoms. The molecule has 1 aliphatic rings. The molecule has 2 aromatic rings. The van der Waals surface area contributed by atoms with Crippen LogP contribution in [0.2, 0.25) is 0 Å². The monoisotopic (exact) mass is 351 g/mol. The highest BCUT2D eigenvalue weighted by Gasteiger charge is 2.22. The first-order chi connectivity index (χ1) is 12.5. The number of benzene rings is 2. The highest BCUT2D eigenvalue weighted by Crippen LogP contribution is 2.30. The Morgan fingerprint density at radius 2 is 1.81 bits per heavy atom. The maximum atomic E-state index is 12.4. The molecule has 0 radical (unpaired) electrons. The van der Waals surface area contributed by atoms with Crippen LogP contribution >= 0.6 is 0 Å². The SMILES string of the molecule is CCc1ccc(NC(=O)C(C)Nc2ccc3c(c2)CCN3C(C)=O)cc1. The number of carbonyl (C=O) groups is 2. The Labute approximate surface area is 154 Å². The molecule has 2 N–H and O–H groups in total. The van der Waals surface area contributed by atoms with Crippen molar-refractivity contribution in [3.05, 3.63) is 53.6 Å². The molecule has 1 atom stereocenters. The molecule has 2 aromatic carbocycles. The van der Waals surface area contributed by atoms with E-state index in [0.29, 0.717) is 0 Å². The number of nitrogens with zero attached hydrogens (tertiary/aromatic N) is 1. The summed E-state index contributed by atoms with van der Waals surface area (Å²) in [5.41, 5.74) is 5.03. The number of anilines is 3. The van der Waals surface area contributed by atoms with Gasteiger partial charge in [-0.05, 0) is 61.2 Å². The standard InChI is InChI=1S/C21H25N3O2/c1-4-16-5-7-18(8-6-16)23-21(26)14(2)22-19-9-10-20-17(13-19)11-12-24(20)15(3)25/h5-10,13-14,22H,4,11-12H2,1-3H3,(H,23,26). The zero-order chi connectivity index (χ0) is 18.7. The first-order valence-corrected chi connectivity index (χ1v) is 9.05. The molecule has 3 rings (SSSR count). The maximum Gasteiger partial charge on any atom is 0.246 e. The molecule has 1 unspecified atom stereocenters. The van der Waals surface area contributed by atoms with Crippen molar-refractivity contribution in [3.63, 3.8) is 0 Å². The summed E-state index contributed by atoms with van der Waals surface area (Å²) >= 11 is 0. The van der Waals surface area contributed by atoms with Crippen LogP contribution in [0.4, 0.5) is 17.1 Å². The summed E-state index contributed by atoms with van der Waals surface area (Å²) in [6.45, 7) is 6.25. The van der Waals surface area contributed by atoms with E-state index in [4.69, 9.17) is 0 Å². The van der Waals surface area contributed by atoms with E-state index in [-0.39, 0.29) is 17.9 Å². The van der Waals surface area contributed by atoms with Crippen LogP contribution in [0.5, 0.6) is 0 Å². The first-order valence-electron chi connectivity index (χ1n) is 9.05. The fraction of sp³-hybridized carbons (Fsp3) is 0.333. The third-order valence-electron chi connectivity index (χ3n) is 4.76. The van der Waals surface area contributed by atoms with E-state index < -0.39 is 0 Å². The van der Waals surface area contributed by atoms with Gasteiger partial charge in [-0.2, -0.15) is 0 Å². The smallest absolute Gasteiger partial charge is 0.246 e. The molecule has 5 heteroatoms. The van der Waals surface area contributed by atoms with Crippen LogP contribution < -0.4 is 15.5 Å². The number of amides is 2. The van der Waals surface area contributed by atoms with Crippen LogP contribution in [0.25, 0.3) is 0 Å². The van der Waals surface area contributed by atoms with Crippen molar-refractivity contribution in [2.75, 3.05) is 22.1 Å². The Bertz CT molecular complexity index is 815. The van der Waals surface area contributed by atoms with Gasteiger partial charge in [-0.25, -0.2) is 0 Å². The Hall–Kier alpha value is -2.82. The summed E-state index contributed by atoms with van der Waals surface area (Å²) in [5.74, 6) is -0.0218. The molecule has 5 nitrogen and oxygen atoms in total. The molecule has 0 spiro atoms. The molecule has 1 heterocycles. The largest absolute Gasteiger partial charge is 0.374 e. The van der Waals surface area contributed by atoms with Gasteiger partial charge in [-0.1, -0.05) is 19.1 Å². The molecule has 136 valence electrons. The zero-order valence-electron chi connectivity index (χ0n) is 15.5. The fourth-order valence-corrected chi connectivity index (χ4v) is 3.21. The highest BCUT2D eigenvalue weighted by atomic mass is 16.2. The average Bonchev–Trinajstić information content (AvgIpc) is 3.05. The lowest BCUT2D eigenvalue weighted by molar-refractivity contribution is -0.117. The van der Waals surface area contributed by atoms with Gasteiger partial charge in [0.25, 0.3) is 0 Å². The van der Waals surface area contributed by atoms with Crippen molar-refractivity contribution in [1.29, 1.82) is 0 Å². The molecule has 0 fully saturated rings. The number of carbonyl (C=O) groups excluding carboxylic acids is 2. The molecule has 0 saturated carbocycles. The van der Waals surface area contributed by atoms with Crippen molar-refractivity contribution in [1.82, 2.24) is 0 Å². The molecule has 1 aliphatic heterocycles. The molecular formula is C21H25N3O2. The number of hydrogen-bond donors (Lipinski definition) is 2. The number of hydrogen-bond acceptors (Lipinski definition) is 3. The summed E-state index contributed by atoms with van der Waals surface area (Å²) in [7, 11) is 0. The van der Waals surface area contributed by atoms with Crippen molar-refractivity contribution in [3.8, 4) is 0 Å². The maximum absolute atomic E-state index is 12.4. The van der Waals surface area contributed by atoms with Gasteiger partial charge in [0.1, 0.15) is 6.04 Å². The predicted molar refractivity (Wildman–Crippen MR) is 106 cm³/mol. The highest BCUT2D eigenvalue weighted by molar-refractivity contribution is 5.97.